The molecule has 1 aliphatic carbocycles. The van der Waals surface area contributed by atoms with E-state index in [2.05, 4.69) is 31.2 Å². The first kappa shape index (κ1) is 17.4. The van der Waals surface area contributed by atoms with E-state index < -0.39 is 0 Å². The quantitative estimate of drug-likeness (QED) is 0.499. The Hall–Kier alpha value is -3.46. The molecule has 2 atom stereocenters. The van der Waals surface area contributed by atoms with Crippen molar-refractivity contribution < 1.29 is 4.52 Å². The highest BCUT2D eigenvalue weighted by molar-refractivity contribution is 6.30. The van der Waals surface area contributed by atoms with Crippen molar-refractivity contribution >= 4 is 28.5 Å². The summed E-state index contributed by atoms with van der Waals surface area (Å²) in [5, 5.41) is 4.88. The van der Waals surface area contributed by atoms with E-state index >= 15 is 0 Å². The Labute approximate surface area is 175 Å². The lowest BCUT2D eigenvalue weighted by Crippen LogP contribution is -2.22. The Morgan fingerprint density at radius 2 is 2.00 bits per heavy atom. The number of hydrogen-bond acceptors (Lipinski definition) is 7. The molecule has 0 amide bonds. The van der Waals surface area contributed by atoms with E-state index in [4.69, 9.17) is 16.1 Å². The fourth-order valence-electron chi connectivity index (χ4n) is 4.10. The van der Waals surface area contributed by atoms with Gasteiger partial charge in [-0.1, -0.05) is 16.8 Å². The number of imidazole rings is 1. The Bertz CT molecular complexity index is 1370. The van der Waals surface area contributed by atoms with Crippen molar-refractivity contribution in [2.75, 3.05) is 11.4 Å². The number of hydrogen-bond donors (Lipinski definition) is 0. The summed E-state index contributed by atoms with van der Waals surface area (Å²) in [6, 6.07) is 7.80. The largest absolute Gasteiger partial charge is 0.347 e. The summed E-state index contributed by atoms with van der Waals surface area (Å²) in [5.74, 6) is 1.62. The summed E-state index contributed by atoms with van der Waals surface area (Å²) in [5.41, 5.74) is 3.09. The van der Waals surface area contributed by atoms with Crippen LogP contribution in [0, 0.1) is 5.92 Å². The number of halogens is 1. The van der Waals surface area contributed by atoms with Crippen LogP contribution in [0.1, 0.15) is 17.6 Å². The van der Waals surface area contributed by atoms with Crippen LogP contribution < -0.4 is 10.5 Å². The maximum atomic E-state index is 12.7. The zero-order chi connectivity index (χ0) is 20.4. The minimum Gasteiger partial charge on any atom is -0.347 e. The summed E-state index contributed by atoms with van der Waals surface area (Å²) < 4.78 is 8.52. The third kappa shape index (κ3) is 2.66. The smallest absolute Gasteiger partial charge is 0.280 e. The van der Waals surface area contributed by atoms with Gasteiger partial charge in [0, 0.05) is 36.4 Å². The number of nitrogens with zero attached hydrogens (tertiary/aromatic N) is 7. The highest BCUT2D eigenvalue weighted by Crippen LogP contribution is 2.56. The molecule has 2 aliphatic rings. The normalized spacial score (nSPS) is 19.9. The van der Waals surface area contributed by atoms with Crippen molar-refractivity contribution in [2.24, 2.45) is 13.0 Å². The van der Waals surface area contributed by atoms with Gasteiger partial charge in [-0.2, -0.15) is 4.98 Å². The number of aromatic nitrogens is 6. The van der Waals surface area contributed by atoms with Crippen molar-refractivity contribution in [1.29, 1.82) is 0 Å². The van der Waals surface area contributed by atoms with Gasteiger partial charge < -0.3 is 14.0 Å². The topological polar surface area (TPSA) is 94.9 Å². The van der Waals surface area contributed by atoms with Crippen LogP contribution >= 0.6 is 11.6 Å². The minimum atomic E-state index is -0.190. The van der Waals surface area contributed by atoms with Gasteiger partial charge >= 0.3 is 0 Å². The van der Waals surface area contributed by atoms with E-state index in [1.54, 1.807) is 17.9 Å². The number of benzene rings is 1. The first-order chi connectivity index (χ1) is 14.6. The third-order valence-electron chi connectivity index (χ3n) is 5.71. The second kappa shape index (κ2) is 6.27. The molecule has 0 radical (unpaired) electrons. The number of rotatable bonds is 4. The molecule has 4 aromatic rings. The molecule has 9 nitrogen and oxygen atoms in total. The average Bonchev–Trinajstić information content (AvgIpc) is 3.16. The fraction of sp³-hybridized carbons (Fsp3) is 0.250. The third-order valence-corrected chi connectivity index (χ3v) is 5.96. The molecule has 0 unspecified atom stereocenters. The van der Waals surface area contributed by atoms with Gasteiger partial charge in [-0.25, -0.2) is 9.97 Å². The van der Waals surface area contributed by atoms with E-state index in [0.717, 1.165) is 17.3 Å². The van der Waals surface area contributed by atoms with Crippen LogP contribution in [0.5, 0.6) is 0 Å². The first-order valence-electron chi connectivity index (χ1n) is 9.51. The van der Waals surface area contributed by atoms with Crippen LogP contribution in [-0.2, 0) is 13.6 Å². The van der Waals surface area contributed by atoms with Crippen molar-refractivity contribution in [3.05, 3.63) is 75.8 Å². The molecule has 3 aromatic heterocycles. The van der Waals surface area contributed by atoms with Crippen LogP contribution in [0.4, 0.5) is 5.69 Å². The zero-order valence-electron chi connectivity index (χ0n) is 15.9. The van der Waals surface area contributed by atoms with Gasteiger partial charge in [0.05, 0.1) is 12.2 Å². The predicted octanol–water partition coefficient (Wildman–Crippen LogP) is 2.33. The average molecular weight is 422 g/mol. The molecule has 0 bridgehead atoms. The standard InChI is InChI=1S/C20H16ClN7O2/c1-26-9-22-19-17(26)20(29)28(10-23-19)8-15-24-18(25-30-15)16-13-6-27(7-14(13)16)12-4-2-11(21)3-5-12/h2-6,9-10,14,16H,7-8H2,1H3/t14-,16-/m0/s1. The van der Waals surface area contributed by atoms with E-state index in [9.17, 15) is 4.79 Å². The van der Waals surface area contributed by atoms with Gasteiger partial charge in [0.1, 0.15) is 12.9 Å². The summed E-state index contributed by atoms with van der Waals surface area (Å²) in [7, 11) is 1.76. The van der Waals surface area contributed by atoms with Crippen molar-refractivity contribution in [3.63, 3.8) is 0 Å². The first-order valence-corrected chi connectivity index (χ1v) is 9.89. The molecular weight excluding hydrogens is 406 g/mol. The lowest BCUT2D eigenvalue weighted by molar-refractivity contribution is 0.364. The second-order valence-electron chi connectivity index (χ2n) is 7.59. The molecule has 0 saturated heterocycles. The summed E-state index contributed by atoms with van der Waals surface area (Å²) in [4.78, 5) is 27.7. The maximum Gasteiger partial charge on any atom is 0.280 e. The van der Waals surface area contributed by atoms with Crippen LogP contribution in [0.2, 0.25) is 5.02 Å². The van der Waals surface area contributed by atoms with E-state index in [1.165, 1.54) is 16.5 Å². The molecule has 1 aromatic carbocycles. The lowest BCUT2D eigenvalue weighted by atomic mass is 10.2. The number of aryl methyl sites for hydroxylation is 1. The van der Waals surface area contributed by atoms with Crippen LogP contribution in [0.15, 0.2) is 58.0 Å². The molecule has 1 aliphatic heterocycles. The van der Waals surface area contributed by atoms with Gasteiger partial charge in [0.15, 0.2) is 17.0 Å². The van der Waals surface area contributed by atoms with Crippen LogP contribution in [0.25, 0.3) is 11.2 Å². The Kier molecular flexibility index (Phi) is 3.64. The molecule has 150 valence electrons. The van der Waals surface area contributed by atoms with Gasteiger partial charge in [0.2, 0.25) is 5.89 Å². The Morgan fingerprint density at radius 3 is 2.77 bits per heavy atom. The van der Waals surface area contributed by atoms with E-state index in [1.807, 2.05) is 24.3 Å². The van der Waals surface area contributed by atoms with Crippen molar-refractivity contribution in [2.45, 2.75) is 12.5 Å². The number of fused-ring (bicyclic) bond motifs is 2. The highest BCUT2D eigenvalue weighted by Gasteiger charge is 2.52. The molecule has 1 fully saturated rings. The molecule has 6 rings (SSSR count). The van der Waals surface area contributed by atoms with Crippen molar-refractivity contribution in [3.8, 4) is 0 Å². The van der Waals surface area contributed by atoms with Gasteiger partial charge in [-0.3, -0.25) is 9.36 Å². The molecule has 30 heavy (non-hydrogen) atoms. The molecule has 0 N–H and O–H groups in total. The SMILES string of the molecule is Cn1cnc2ncn(Cc3nc([C@H]4C5=CN(c6ccc(Cl)cc6)C[C@@H]54)no3)c(=O)c21. The van der Waals surface area contributed by atoms with Crippen LogP contribution in [0.3, 0.4) is 0 Å². The summed E-state index contributed by atoms with van der Waals surface area (Å²) in [6.45, 7) is 1.05. The van der Waals surface area contributed by atoms with Gasteiger partial charge in [0.25, 0.3) is 5.56 Å². The summed E-state index contributed by atoms with van der Waals surface area (Å²) >= 11 is 5.97. The van der Waals surface area contributed by atoms with Crippen molar-refractivity contribution in [1.82, 2.24) is 29.2 Å². The highest BCUT2D eigenvalue weighted by atomic mass is 35.5. The van der Waals surface area contributed by atoms with Gasteiger partial charge in [-0.05, 0) is 29.8 Å². The molecular formula is C20H16ClN7O2. The molecule has 1 saturated carbocycles. The maximum absolute atomic E-state index is 12.7. The number of anilines is 1. The predicted molar refractivity (Wildman–Crippen MR) is 109 cm³/mol. The molecule has 10 heteroatoms. The summed E-state index contributed by atoms with van der Waals surface area (Å²) in [6.07, 6.45) is 5.18. The second-order valence-corrected chi connectivity index (χ2v) is 8.03. The van der Waals surface area contributed by atoms with Crippen LogP contribution in [-0.4, -0.2) is 35.8 Å². The van der Waals surface area contributed by atoms with Gasteiger partial charge in [-0.15, -0.1) is 0 Å². The minimum absolute atomic E-state index is 0.174. The lowest BCUT2D eigenvalue weighted by Gasteiger charge is -2.18. The monoisotopic (exact) mass is 421 g/mol. The molecule has 0 spiro atoms. The fourth-order valence-corrected chi connectivity index (χ4v) is 4.23. The van der Waals surface area contributed by atoms with E-state index in [0.29, 0.717) is 28.8 Å². The molecule has 4 heterocycles. The van der Waals surface area contributed by atoms with E-state index in [-0.39, 0.29) is 18.0 Å². The zero-order valence-corrected chi connectivity index (χ0v) is 16.7. The Morgan fingerprint density at radius 1 is 1.20 bits per heavy atom. The Balaban J connectivity index is 1.21.